The lowest BCUT2D eigenvalue weighted by Crippen LogP contribution is -2.26. The first-order valence-electron chi connectivity index (χ1n) is 10.0. The zero-order valence-electron chi connectivity index (χ0n) is 17.8. The molecule has 9 heteroatoms. The molecule has 0 saturated heterocycles. The standard InChI is InChI=1S/C23H25N5O3S/c1-3-15-28-20(13-14-24-22(30)17-9-11-19(31-2)12-10-17)26-27-23(28)32-16-21(29)25-18-7-5-4-6-8-18/h3-12H,1,13-16H2,2H3,(H,24,30)(H,25,29). The zero-order valence-corrected chi connectivity index (χ0v) is 18.6. The van der Waals surface area contributed by atoms with E-state index in [0.29, 0.717) is 41.8 Å². The van der Waals surface area contributed by atoms with Crippen LogP contribution in [0.5, 0.6) is 5.75 Å². The molecule has 3 aromatic rings. The van der Waals surface area contributed by atoms with Crippen LogP contribution in [0.15, 0.2) is 72.4 Å². The van der Waals surface area contributed by atoms with Crippen LogP contribution < -0.4 is 15.4 Å². The Kier molecular flexibility index (Phi) is 8.44. The van der Waals surface area contributed by atoms with Gasteiger partial charge in [-0.1, -0.05) is 36.0 Å². The van der Waals surface area contributed by atoms with Crippen LogP contribution in [0.3, 0.4) is 0 Å². The fourth-order valence-corrected chi connectivity index (χ4v) is 3.67. The Bertz CT molecular complexity index is 1050. The molecule has 0 atom stereocenters. The molecule has 0 fully saturated rings. The summed E-state index contributed by atoms with van der Waals surface area (Å²) in [6, 6.07) is 16.2. The molecule has 0 radical (unpaired) electrons. The van der Waals surface area contributed by atoms with Gasteiger partial charge >= 0.3 is 0 Å². The summed E-state index contributed by atoms with van der Waals surface area (Å²) in [4.78, 5) is 24.5. The van der Waals surface area contributed by atoms with E-state index in [4.69, 9.17) is 4.74 Å². The molecule has 0 aliphatic rings. The molecule has 0 bridgehead atoms. The normalized spacial score (nSPS) is 10.4. The Morgan fingerprint density at radius 2 is 1.88 bits per heavy atom. The third kappa shape index (κ3) is 6.45. The number of anilines is 1. The van der Waals surface area contributed by atoms with Crippen molar-refractivity contribution in [3.05, 3.63) is 78.6 Å². The number of nitrogens with zero attached hydrogens (tertiary/aromatic N) is 3. The van der Waals surface area contributed by atoms with Crippen LogP contribution in [0.4, 0.5) is 5.69 Å². The van der Waals surface area contributed by atoms with Crippen molar-refractivity contribution in [2.45, 2.75) is 18.1 Å². The minimum absolute atomic E-state index is 0.123. The van der Waals surface area contributed by atoms with Crippen molar-refractivity contribution in [1.29, 1.82) is 0 Å². The number of ether oxygens (including phenoxy) is 1. The monoisotopic (exact) mass is 451 g/mol. The second-order valence-corrected chi connectivity index (χ2v) is 7.68. The fraction of sp³-hybridized carbons (Fsp3) is 0.217. The Morgan fingerprint density at radius 3 is 2.56 bits per heavy atom. The van der Waals surface area contributed by atoms with E-state index in [1.807, 2.05) is 34.9 Å². The Labute approximate surface area is 191 Å². The van der Waals surface area contributed by atoms with Gasteiger partial charge in [-0.05, 0) is 36.4 Å². The second kappa shape index (κ2) is 11.7. The van der Waals surface area contributed by atoms with Gasteiger partial charge in [-0.3, -0.25) is 9.59 Å². The van der Waals surface area contributed by atoms with Gasteiger partial charge in [0.25, 0.3) is 5.91 Å². The van der Waals surface area contributed by atoms with Crippen LogP contribution in [0.2, 0.25) is 0 Å². The summed E-state index contributed by atoms with van der Waals surface area (Å²) in [6.45, 7) is 4.70. The maximum Gasteiger partial charge on any atom is 0.251 e. The number of benzene rings is 2. The average Bonchev–Trinajstić information content (AvgIpc) is 3.20. The highest BCUT2D eigenvalue weighted by Gasteiger charge is 2.14. The molecule has 1 aromatic heterocycles. The fourth-order valence-electron chi connectivity index (χ4n) is 2.90. The smallest absolute Gasteiger partial charge is 0.251 e. The first-order valence-corrected chi connectivity index (χ1v) is 11.0. The first kappa shape index (κ1) is 23.1. The van der Waals surface area contributed by atoms with E-state index in [1.165, 1.54) is 11.8 Å². The van der Waals surface area contributed by atoms with E-state index in [1.54, 1.807) is 37.5 Å². The van der Waals surface area contributed by atoms with Crippen LogP contribution >= 0.6 is 11.8 Å². The van der Waals surface area contributed by atoms with Crippen molar-refractivity contribution in [2.24, 2.45) is 0 Å². The van der Waals surface area contributed by atoms with Crippen LogP contribution in [-0.2, 0) is 17.8 Å². The molecule has 2 amide bonds. The molecule has 0 unspecified atom stereocenters. The molecule has 8 nitrogen and oxygen atoms in total. The van der Waals surface area contributed by atoms with E-state index in [2.05, 4.69) is 27.4 Å². The van der Waals surface area contributed by atoms with Gasteiger partial charge in [0.2, 0.25) is 5.91 Å². The van der Waals surface area contributed by atoms with E-state index >= 15 is 0 Å². The van der Waals surface area contributed by atoms with Crippen molar-refractivity contribution < 1.29 is 14.3 Å². The molecule has 0 aliphatic heterocycles. The number of carbonyl (C=O) groups excluding carboxylic acids is 2. The van der Waals surface area contributed by atoms with Crippen molar-refractivity contribution >= 4 is 29.3 Å². The number of methoxy groups -OCH3 is 1. The number of nitrogens with one attached hydrogen (secondary N) is 2. The summed E-state index contributed by atoms with van der Waals surface area (Å²) in [5.74, 6) is 1.32. The minimum Gasteiger partial charge on any atom is -0.497 e. The number of aromatic nitrogens is 3. The van der Waals surface area contributed by atoms with Crippen LogP contribution in [0, 0.1) is 0 Å². The number of allylic oxidation sites excluding steroid dienone is 1. The molecule has 2 aromatic carbocycles. The Morgan fingerprint density at radius 1 is 1.12 bits per heavy atom. The Hall–Kier alpha value is -3.59. The van der Waals surface area contributed by atoms with Crippen LogP contribution in [0.1, 0.15) is 16.2 Å². The summed E-state index contributed by atoms with van der Waals surface area (Å²) in [7, 11) is 1.58. The van der Waals surface area contributed by atoms with Crippen molar-refractivity contribution in [2.75, 3.05) is 24.7 Å². The molecule has 32 heavy (non-hydrogen) atoms. The van der Waals surface area contributed by atoms with Crippen molar-refractivity contribution in [3.63, 3.8) is 0 Å². The van der Waals surface area contributed by atoms with E-state index in [-0.39, 0.29) is 17.6 Å². The molecule has 0 saturated carbocycles. The van der Waals surface area contributed by atoms with Crippen molar-refractivity contribution in [1.82, 2.24) is 20.1 Å². The lowest BCUT2D eigenvalue weighted by molar-refractivity contribution is -0.113. The van der Waals surface area contributed by atoms with Gasteiger partial charge in [0.05, 0.1) is 12.9 Å². The number of carbonyl (C=O) groups is 2. The molecule has 1 heterocycles. The largest absolute Gasteiger partial charge is 0.497 e. The quantitative estimate of drug-likeness (QED) is 0.343. The molecule has 0 spiro atoms. The van der Waals surface area contributed by atoms with Gasteiger partial charge in [0.15, 0.2) is 5.16 Å². The molecular weight excluding hydrogens is 426 g/mol. The maximum atomic E-state index is 12.3. The number of hydrogen-bond donors (Lipinski definition) is 2. The van der Waals surface area contributed by atoms with Gasteiger partial charge in [-0.2, -0.15) is 0 Å². The van der Waals surface area contributed by atoms with Gasteiger partial charge in [0, 0.05) is 30.8 Å². The number of thioether (sulfide) groups is 1. The highest BCUT2D eigenvalue weighted by Crippen LogP contribution is 2.18. The molecule has 3 rings (SSSR count). The predicted octanol–water partition coefficient (Wildman–Crippen LogP) is 3.18. The highest BCUT2D eigenvalue weighted by atomic mass is 32.2. The van der Waals surface area contributed by atoms with Crippen molar-refractivity contribution in [3.8, 4) is 5.75 Å². The predicted molar refractivity (Wildman–Crippen MR) is 125 cm³/mol. The van der Waals surface area contributed by atoms with E-state index in [9.17, 15) is 9.59 Å². The summed E-state index contributed by atoms with van der Waals surface area (Å²) >= 11 is 1.31. The number of para-hydroxylation sites is 1. The highest BCUT2D eigenvalue weighted by molar-refractivity contribution is 7.99. The number of hydrogen-bond acceptors (Lipinski definition) is 6. The van der Waals surface area contributed by atoms with Gasteiger partial charge in [-0.15, -0.1) is 16.8 Å². The molecule has 166 valence electrons. The zero-order chi connectivity index (χ0) is 22.8. The SMILES string of the molecule is C=CCn1c(CCNC(=O)c2ccc(OC)cc2)nnc1SCC(=O)Nc1ccccc1. The second-order valence-electron chi connectivity index (χ2n) is 6.74. The minimum atomic E-state index is -0.172. The summed E-state index contributed by atoms with van der Waals surface area (Å²) in [5.41, 5.74) is 1.30. The molecular formula is C23H25N5O3S. The molecule has 0 aliphatic carbocycles. The topological polar surface area (TPSA) is 98.1 Å². The Balaban J connectivity index is 1.53. The lowest BCUT2D eigenvalue weighted by atomic mass is 10.2. The van der Waals surface area contributed by atoms with E-state index in [0.717, 1.165) is 5.69 Å². The summed E-state index contributed by atoms with van der Waals surface area (Å²) in [6.07, 6.45) is 2.25. The molecule has 2 N–H and O–H groups in total. The average molecular weight is 452 g/mol. The lowest BCUT2D eigenvalue weighted by Gasteiger charge is -2.09. The summed E-state index contributed by atoms with van der Waals surface area (Å²) < 4.78 is 7.00. The van der Waals surface area contributed by atoms with Gasteiger partial charge < -0.3 is 19.9 Å². The third-order valence-electron chi connectivity index (χ3n) is 4.48. The number of amides is 2. The summed E-state index contributed by atoms with van der Waals surface area (Å²) in [5, 5.41) is 14.8. The number of rotatable bonds is 11. The van der Waals surface area contributed by atoms with Crippen LogP contribution in [-0.4, -0.2) is 46.0 Å². The van der Waals surface area contributed by atoms with Crippen LogP contribution in [0.25, 0.3) is 0 Å². The third-order valence-corrected chi connectivity index (χ3v) is 5.45. The van der Waals surface area contributed by atoms with Gasteiger partial charge in [0.1, 0.15) is 11.6 Å². The van der Waals surface area contributed by atoms with E-state index < -0.39 is 0 Å². The maximum absolute atomic E-state index is 12.3. The first-order chi connectivity index (χ1) is 15.6. The van der Waals surface area contributed by atoms with Gasteiger partial charge in [-0.25, -0.2) is 0 Å².